The summed E-state index contributed by atoms with van der Waals surface area (Å²) in [6, 6.07) is 0. The summed E-state index contributed by atoms with van der Waals surface area (Å²) in [7, 11) is 3.21. The minimum absolute atomic E-state index is 0. The molecule has 0 amide bonds. The highest BCUT2D eigenvalue weighted by molar-refractivity contribution is 14.0. The lowest BCUT2D eigenvalue weighted by molar-refractivity contribution is -0.140. The van der Waals surface area contributed by atoms with E-state index in [2.05, 4.69) is 33.8 Å². The van der Waals surface area contributed by atoms with Crippen LogP contribution >= 0.6 is 24.0 Å². The molecule has 1 aliphatic heterocycles. The van der Waals surface area contributed by atoms with Gasteiger partial charge in [-0.2, -0.15) is 0 Å². The minimum atomic E-state index is -0.190. The molecule has 6 heteroatoms. The van der Waals surface area contributed by atoms with Crippen molar-refractivity contribution in [2.45, 2.75) is 39.5 Å². The number of carbonyl (C=O) groups is 1. The summed E-state index contributed by atoms with van der Waals surface area (Å²) in [6.45, 7) is 7.26. The van der Waals surface area contributed by atoms with Gasteiger partial charge in [0.25, 0.3) is 0 Å². The largest absolute Gasteiger partial charge is 0.469 e. The molecule has 1 rings (SSSR count). The number of hydrogen-bond donors (Lipinski definition) is 1. The Labute approximate surface area is 145 Å². The Kier molecular flexibility index (Phi) is 10.8. The summed E-state index contributed by atoms with van der Waals surface area (Å²) in [5.74, 6) is 2.30. The van der Waals surface area contributed by atoms with Crippen molar-refractivity contribution in [3.8, 4) is 0 Å². The topological polar surface area (TPSA) is 53.9 Å². The molecule has 21 heavy (non-hydrogen) atoms. The maximum atomic E-state index is 11.1. The maximum absolute atomic E-state index is 11.1. The number of rotatable bonds is 6. The normalized spacial score (nSPS) is 18.6. The molecule has 124 valence electrons. The molecule has 0 aromatic rings. The van der Waals surface area contributed by atoms with Gasteiger partial charge >= 0.3 is 5.97 Å². The van der Waals surface area contributed by atoms with E-state index in [0.717, 1.165) is 30.9 Å². The van der Waals surface area contributed by atoms with Crippen molar-refractivity contribution in [3.63, 3.8) is 0 Å². The van der Waals surface area contributed by atoms with Gasteiger partial charge in [0.15, 0.2) is 5.96 Å². The number of methoxy groups -OCH3 is 1. The van der Waals surface area contributed by atoms with Crippen LogP contribution in [0.1, 0.15) is 39.5 Å². The van der Waals surface area contributed by atoms with E-state index >= 15 is 0 Å². The third kappa shape index (κ3) is 6.40. The molecule has 1 fully saturated rings. The molecule has 1 aliphatic rings. The molecule has 1 heterocycles. The fourth-order valence-electron chi connectivity index (χ4n) is 3.03. The Hall–Kier alpha value is -0.530. The summed E-state index contributed by atoms with van der Waals surface area (Å²) < 4.78 is 4.64. The molecule has 0 bridgehead atoms. The second kappa shape index (κ2) is 11.1. The van der Waals surface area contributed by atoms with E-state index in [0.29, 0.717) is 13.0 Å². The molecule has 1 saturated heterocycles. The molecule has 0 saturated carbocycles. The fraction of sp³-hybridized carbons (Fsp3) is 0.867. The van der Waals surface area contributed by atoms with Crippen LogP contribution in [0.4, 0.5) is 0 Å². The molecular weight excluding hydrogens is 381 g/mol. The van der Waals surface area contributed by atoms with Gasteiger partial charge < -0.3 is 15.0 Å². The smallest absolute Gasteiger partial charge is 0.307 e. The van der Waals surface area contributed by atoms with E-state index in [1.165, 1.54) is 26.4 Å². The number of halogens is 1. The summed E-state index contributed by atoms with van der Waals surface area (Å²) in [5, 5.41) is 3.25. The number of likely N-dealkylation sites (tertiary alicyclic amines) is 1. The average molecular weight is 411 g/mol. The third-order valence-electron chi connectivity index (χ3n) is 4.29. The monoisotopic (exact) mass is 411 g/mol. The van der Waals surface area contributed by atoms with Gasteiger partial charge in [-0.1, -0.05) is 26.7 Å². The standard InChI is InChI=1S/C15H29N3O2.HI/c1-5-12(6-2)13-8-10-18(11-13)15(16-3)17-9-7-14(19)20-4;/h12-13H,5-11H2,1-4H3,(H,16,17);1H. The molecule has 5 nitrogen and oxygen atoms in total. The number of esters is 1. The van der Waals surface area contributed by atoms with Crippen LogP contribution in [0.25, 0.3) is 0 Å². The van der Waals surface area contributed by atoms with Crippen molar-refractivity contribution < 1.29 is 9.53 Å². The fourth-order valence-corrected chi connectivity index (χ4v) is 3.03. The Morgan fingerprint density at radius 2 is 2.10 bits per heavy atom. The van der Waals surface area contributed by atoms with Crippen molar-refractivity contribution >= 4 is 35.9 Å². The van der Waals surface area contributed by atoms with Gasteiger partial charge in [-0.15, -0.1) is 24.0 Å². The highest BCUT2D eigenvalue weighted by atomic mass is 127. The number of nitrogens with zero attached hydrogens (tertiary/aromatic N) is 2. The molecule has 0 spiro atoms. The number of ether oxygens (including phenoxy) is 1. The van der Waals surface area contributed by atoms with Crippen LogP contribution in [0.5, 0.6) is 0 Å². The quantitative estimate of drug-likeness (QED) is 0.316. The molecule has 0 aromatic heterocycles. The van der Waals surface area contributed by atoms with Crippen molar-refractivity contribution in [2.75, 3.05) is 33.8 Å². The van der Waals surface area contributed by atoms with Crippen molar-refractivity contribution in [3.05, 3.63) is 0 Å². The van der Waals surface area contributed by atoms with Crippen LogP contribution in [0, 0.1) is 11.8 Å². The summed E-state index contributed by atoms with van der Waals surface area (Å²) in [4.78, 5) is 17.7. The van der Waals surface area contributed by atoms with Crippen molar-refractivity contribution in [1.82, 2.24) is 10.2 Å². The highest BCUT2D eigenvalue weighted by Gasteiger charge is 2.29. The van der Waals surface area contributed by atoms with E-state index in [1.54, 1.807) is 7.05 Å². The minimum Gasteiger partial charge on any atom is -0.469 e. The molecule has 1 atom stereocenters. The second-order valence-corrected chi connectivity index (χ2v) is 5.37. The van der Waals surface area contributed by atoms with Gasteiger partial charge in [0, 0.05) is 26.7 Å². The van der Waals surface area contributed by atoms with Crippen molar-refractivity contribution in [1.29, 1.82) is 0 Å². The number of carbonyl (C=O) groups excluding carboxylic acids is 1. The van der Waals surface area contributed by atoms with Crippen LogP contribution < -0.4 is 5.32 Å². The SMILES string of the molecule is CCC(CC)C1CCN(C(=NC)NCCC(=O)OC)C1.I. The van der Waals surface area contributed by atoms with Gasteiger partial charge in [0.2, 0.25) is 0 Å². The Morgan fingerprint density at radius 3 is 2.62 bits per heavy atom. The van der Waals surface area contributed by atoms with Crippen LogP contribution in [-0.4, -0.2) is 50.6 Å². The molecule has 1 N–H and O–H groups in total. The zero-order valence-corrected chi connectivity index (χ0v) is 16.1. The summed E-state index contributed by atoms with van der Waals surface area (Å²) in [6.07, 6.45) is 4.12. The zero-order chi connectivity index (χ0) is 15.0. The van der Waals surface area contributed by atoms with Crippen LogP contribution in [0.3, 0.4) is 0 Å². The van der Waals surface area contributed by atoms with E-state index in [9.17, 15) is 4.79 Å². The lowest BCUT2D eigenvalue weighted by Crippen LogP contribution is -2.41. The van der Waals surface area contributed by atoms with Crippen LogP contribution in [-0.2, 0) is 9.53 Å². The first-order chi connectivity index (χ1) is 9.65. The Balaban J connectivity index is 0.00000400. The van der Waals surface area contributed by atoms with Gasteiger partial charge in [0.05, 0.1) is 13.5 Å². The highest BCUT2D eigenvalue weighted by Crippen LogP contribution is 2.28. The van der Waals surface area contributed by atoms with E-state index in [-0.39, 0.29) is 29.9 Å². The molecular formula is C15H30IN3O2. The van der Waals surface area contributed by atoms with E-state index in [4.69, 9.17) is 0 Å². The van der Waals surface area contributed by atoms with E-state index < -0.39 is 0 Å². The van der Waals surface area contributed by atoms with Crippen LogP contribution in [0.15, 0.2) is 4.99 Å². The molecule has 1 unspecified atom stereocenters. The zero-order valence-electron chi connectivity index (χ0n) is 13.7. The molecule has 0 aliphatic carbocycles. The summed E-state index contributed by atoms with van der Waals surface area (Å²) >= 11 is 0. The van der Waals surface area contributed by atoms with E-state index in [1.807, 2.05) is 0 Å². The lowest BCUT2D eigenvalue weighted by Gasteiger charge is -2.24. The number of guanidine groups is 1. The van der Waals surface area contributed by atoms with Crippen LogP contribution in [0.2, 0.25) is 0 Å². The molecule has 0 aromatic carbocycles. The van der Waals surface area contributed by atoms with Gasteiger partial charge in [-0.05, 0) is 18.3 Å². The van der Waals surface area contributed by atoms with Gasteiger partial charge in [-0.25, -0.2) is 0 Å². The predicted octanol–water partition coefficient (Wildman–Crippen LogP) is 2.50. The first kappa shape index (κ1) is 20.5. The number of hydrogen-bond acceptors (Lipinski definition) is 3. The number of nitrogens with one attached hydrogen (secondary N) is 1. The summed E-state index contributed by atoms with van der Waals surface area (Å²) in [5.41, 5.74) is 0. The Bertz CT molecular complexity index is 333. The third-order valence-corrected chi connectivity index (χ3v) is 4.29. The first-order valence-electron chi connectivity index (χ1n) is 7.68. The maximum Gasteiger partial charge on any atom is 0.307 e. The average Bonchev–Trinajstić information content (AvgIpc) is 2.94. The first-order valence-corrected chi connectivity index (χ1v) is 7.68. The van der Waals surface area contributed by atoms with Gasteiger partial charge in [0.1, 0.15) is 0 Å². The predicted molar refractivity (Wildman–Crippen MR) is 97.2 cm³/mol. The van der Waals surface area contributed by atoms with Gasteiger partial charge in [-0.3, -0.25) is 9.79 Å². The number of aliphatic imine (C=N–C) groups is 1. The van der Waals surface area contributed by atoms with Crippen molar-refractivity contribution in [2.24, 2.45) is 16.8 Å². The second-order valence-electron chi connectivity index (χ2n) is 5.37. The lowest BCUT2D eigenvalue weighted by atomic mass is 9.87. The molecule has 0 radical (unpaired) electrons. The Morgan fingerprint density at radius 1 is 1.43 bits per heavy atom.